The Balaban J connectivity index is 1.97. The number of thiazole rings is 1. The number of hydrogen-bond donors (Lipinski definition) is 1. The molecule has 1 aliphatic rings. The molecule has 1 atom stereocenters. The highest BCUT2D eigenvalue weighted by Gasteiger charge is 2.48. The van der Waals surface area contributed by atoms with E-state index in [0.717, 1.165) is 0 Å². The van der Waals surface area contributed by atoms with Gasteiger partial charge in [-0.1, -0.05) is 12.1 Å². The number of rotatable bonds is 8. The molecule has 4 rings (SSSR count). The van der Waals surface area contributed by atoms with Crippen molar-refractivity contribution in [1.29, 1.82) is 0 Å². The maximum atomic E-state index is 13.3. The second-order valence-electron chi connectivity index (χ2n) is 7.40. The van der Waals surface area contributed by atoms with Gasteiger partial charge in [-0.25, -0.2) is 4.98 Å². The Morgan fingerprint density at radius 3 is 2.37 bits per heavy atom. The first kappa shape index (κ1) is 24.1. The van der Waals surface area contributed by atoms with Crippen LogP contribution in [0.4, 0.5) is 5.13 Å². The third-order valence-electron chi connectivity index (χ3n) is 5.49. The van der Waals surface area contributed by atoms with Crippen LogP contribution < -0.4 is 23.8 Å². The first-order valence-electron chi connectivity index (χ1n) is 10.7. The van der Waals surface area contributed by atoms with Gasteiger partial charge in [-0.15, -0.1) is 11.3 Å². The van der Waals surface area contributed by atoms with Gasteiger partial charge in [-0.3, -0.25) is 14.5 Å². The summed E-state index contributed by atoms with van der Waals surface area (Å²) < 4.78 is 21.9. The Bertz CT molecular complexity index is 1260. The number of carbonyl (C=O) groups excluding carboxylic acids is 2. The Labute approximate surface area is 206 Å². The van der Waals surface area contributed by atoms with Crippen molar-refractivity contribution in [3.8, 4) is 23.0 Å². The third kappa shape index (κ3) is 4.28. The quantitative estimate of drug-likeness (QED) is 0.281. The summed E-state index contributed by atoms with van der Waals surface area (Å²) in [5.74, 6) is -0.415. The highest BCUT2D eigenvalue weighted by atomic mass is 32.1. The van der Waals surface area contributed by atoms with Crippen LogP contribution in [-0.2, 0) is 9.59 Å². The summed E-state index contributed by atoms with van der Waals surface area (Å²) in [7, 11) is 4.42. The Morgan fingerprint density at radius 2 is 1.80 bits per heavy atom. The zero-order valence-corrected chi connectivity index (χ0v) is 20.4. The van der Waals surface area contributed by atoms with Gasteiger partial charge in [0.1, 0.15) is 11.5 Å². The molecule has 2 aromatic carbocycles. The van der Waals surface area contributed by atoms with Crippen LogP contribution in [0.25, 0.3) is 5.76 Å². The number of ether oxygens (including phenoxy) is 4. The molecule has 1 saturated heterocycles. The summed E-state index contributed by atoms with van der Waals surface area (Å²) in [6.07, 6.45) is 1.54. The average Bonchev–Trinajstić information content (AvgIpc) is 3.49. The topological polar surface area (TPSA) is 107 Å². The second-order valence-corrected chi connectivity index (χ2v) is 8.28. The van der Waals surface area contributed by atoms with Crippen molar-refractivity contribution >= 4 is 33.9 Å². The molecule has 9 nitrogen and oxygen atoms in total. The van der Waals surface area contributed by atoms with Crippen LogP contribution in [0.3, 0.4) is 0 Å². The van der Waals surface area contributed by atoms with Gasteiger partial charge in [0.05, 0.1) is 39.6 Å². The number of ketones is 1. The van der Waals surface area contributed by atoms with Crippen molar-refractivity contribution in [1.82, 2.24) is 4.98 Å². The van der Waals surface area contributed by atoms with Crippen LogP contribution in [0.5, 0.6) is 23.0 Å². The minimum Gasteiger partial charge on any atom is -0.507 e. The molecule has 10 heteroatoms. The number of aliphatic hydroxyl groups excluding tert-OH is 1. The van der Waals surface area contributed by atoms with Crippen molar-refractivity contribution < 1.29 is 33.6 Å². The first-order valence-corrected chi connectivity index (χ1v) is 11.6. The number of nitrogens with zero attached hydrogens (tertiary/aromatic N) is 2. The van der Waals surface area contributed by atoms with Crippen molar-refractivity contribution in [2.45, 2.75) is 13.0 Å². The van der Waals surface area contributed by atoms with E-state index in [0.29, 0.717) is 45.9 Å². The monoisotopic (exact) mass is 496 g/mol. The zero-order valence-electron chi connectivity index (χ0n) is 19.6. The maximum Gasteiger partial charge on any atom is 0.301 e. The molecule has 1 unspecified atom stereocenters. The number of aliphatic hydroxyl groups is 1. The number of methoxy groups -OCH3 is 3. The molecule has 1 amide bonds. The molecule has 1 N–H and O–H groups in total. The molecule has 0 radical (unpaired) electrons. The molecule has 0 spiro atoms. The molecular formula is C25H24N2O7S. The predicted octanol–water partition coefficient (Wildman–Crippen LogP) is 4.19. The average molecular weight is 497 g/mol. The predicted molar refractivity (Wildman–Crippen MR) is 131 cm³/mol. The Kier molecular flexibility index (Phi) is 6.92. The molecule has 2 heterocycles. The molecule has 0 saturated carbocycles. The van der Waals surface area contributed by atoms with Crippen LogP contribution >= 0.6 is 11.3 Å². The summed E-state index contributed by atoms with van der Waals surface area (Å²) in [4.78, 5) is 32.0. The smallest absolute Gasteiger partial charge is 0.301 e. The van der Waals surface area contributed by atoms with E-state index in [1.807, 2.05) is 6.92 Å². The standard InChI is InChI=1S/C25H24N2O7S/c1-5-34-16-8-6-7-14(11-16)21(28)19-20(27(24(30)22(19)29)25-26-9-10-35-25)15-12-17(31-2)23(33-4)18(13-15)32-3/h6-13,20,28H,5H2,1-4H3/b21-19+. The van der Waals surface area contributed by atoms with E-state index in [4.69, 9.17) is 18.9 Å². The number of anilines is 1. The summed E-state index contributed by atoms with van der Waals surface area (Å²) in [5.41, 5.74) is 0.718. The fourth-order valence-corrected chi connectivity index (χ4v) is 4.66. The van der Waals surface area contributed by atoms with E-state index in [2.05, 4.69) is 4.98 Å². The SMILES string of the molecule is CCOc1cccc(/C(O)=C2\C(=O)C(=O)N(c3nccs3)C2c2cc(OC)c(OC)c(OC)c2)c1. The summed E-state index contributed by atoms with van der Waals surface area (Å²) in [5, 5.41) is 13.3. The highest BCUT2D eigenvalue weighted by molar-refractivity contribution is 7.14. The molecule has 1 fully saturated rings. The third-order valence-corrected chi connectivity index (χ3v) is 6.26. The van der Waals surface area contributed by atoms with E-state index in [1.165, 1.54) is 43.8 Å². The van der Waals surface area contributed by atoms with E-state index in [-0.39, 0.29) is 11.3 Å². The lowest BCUT2D eigenvalue weighted by Gasteiger charge is -2.24. The van der Waals surface area contributed by atoms with E-state index in [1.54, 1.807) is 41.8 Å². The van der Waals surface area contributed by atoms with Gasteiger partial charge < -0.3 is 24.1 Å². The zero-order chi connectivity index (χ0) is 25.1. The van der Waals surface area contributed by atoms with E-state index in [9.17, 15) is 14.7 Å². The Morgan fingerprint density at radius 1 is 1.09 bits per heavy atom. The number of Topliss-reactive ketones (excluding diaryl/α,β-unsaturated/α-hetero) is 1. The van der Waals surface area contributed by atoms with Crippen molar-refractivity contribution in [2.75, 3.05) is 32.8 Å². The Hall–Kier alpha value is -4.05. The van der Waals surface area contributed by atoms with Gasteiger partial charge in [0.15, 0.2) is 16.6 Å². The van der Waals surface area contributed by atoms with Gasteiger partial charge in [0.2, 0.25) is 5.75 Å². The number of benzene rings is 2. The summed E-state index contributed by atoms with van der Waals surface area (Å²) in [6.45, 7) is 2.28. The lowest BCUT2D eigenvalue weighted by molar-refractivity contribution is -0.132. The van der Waals surface area contributed by atoms with Gasteiger partial charge in [0, 0.05) is 17.1 Å². The number of hydrogen-bond acceptors (Lipinski definition) is 9. The number of aromatic nitrogens is 1. The molecule has 3 aromatic rings. The fraction of sp³-hybridized carbons (Fsp3) is 0.240. The van der Waals surface area contributed by atoms with E-state index >= 15 is 0 Å². The molecule has 1 aliphatic heterocycles. The van der Waals surface area contributed by atoms with E-state index < -0.39 is 17.7 Å². The van der Waals surface area contributed by atoms with Gasteiger partial charge in [-0.05, 0) is 36.8 Å². The minimum absolute atomic E-state index is 0.0897. The largest absolute Gasteiger partial charge is 0.507 e. The van der Waals surface area contributed by atoms with Crippen LogP contribution in [0.15, 0.2) is 53.5 Å². The van der Waals surface area contributed by atoms with Gasteiger partial charge in [-0.2, -0.15) is 0 Å². The lowest BCUT2D eigenvalue weighted by atomic mass is 9.94. The highest BCUT2D eigenvalue weighted by Crippen LogP contribution is 2.47. The van der Waals surface area contributed by atoms with Crippen LogP contribution in [-0.4, -0.2) is 49.7 Å². The summed E-state index contributed by atoms with van der Waals surface area (Å²) >= 11 is 1.20. The van der Waals surface area contributed by atoms with Crippen molar-refractivity contribution in [3.63, 3.8) is 0 Å². The molecular weight excluding hydrogens is 472 g/mol. The molecule has 0 bridgehead atoms. The lowest BCUT2D eigenvalue weighted by Crippen LogP contribution is -2.29. The molecule has 35 heavy (non-hydrogen) atoms. The first-order chi connectivity index (χ1) is 16.9. The van der Waals surface area contributed by atoms with Gasteiger partial charge >= 0.3 is 5.91 Å². The van der Waals surface area contributed by atoms with Crippen molar-refractivity contribution in [3.05, 3.63) is 64.7 Å². The van der Waals surface area contributed by atoms with Gasteiger partial charge in [0.25, 0.3) is 5.78 Å². The minimum atomic E-state index is -0.995. The number of carbonyl (C=O) groups is 2. The number of amides is 1. The summed E-state index contributed by atoms with van der Waals surface area (Å²) in [6, 6.07) is 8.98. The molecule has 182 valence electrons. The van der Waals surface area contributed by atoms with Crippen LogP contribution in [0.2, 0.25) is 0 Å². The van der Waals surface area contributed by atoms with Crippen LogP contribution in [0.1, 0.15) is 24.1 Å². The second kappa shape index (κ2) is 10.1. The van der Waals surface area contributed by atoms with Crippen molar-refractivity contribution in [2.24, 2.45) is 0 Å². The van der Waals surface area contributed by atoms with Crippen LogP contribution in [0, 0.1) is 0 Å². The molecule has 0 aliphatic carbocycles. The normalized spacial score (nSPS) is 16.9. The molecule has 1 aromatic heterocycles. The maximum absolute atomic E-state index is 13.3. The fourth-order valence-electron chi connectivity index (χ4n) is 3.99.